The van der Waals surface area contributed by atoms with Crippen molar-refractivity contribution in [3.63, 3.8) is 0 Å². The van der Waals surface area contributed by atoms with E-state index in [2.05, 4.69) is 23.0 Å². The number of aromatic nitrogens is 1. The van der Waals surface area contributed by atoms with E-state index in [0.29, 0.717) is 17.7 Å². The van der Waals surface area contributed by atoms with E-state index in [4.69, 9.17) is 11.1 Å². The Hall–Kier alpha value is -2.69. The van der Waals surface area contributed by atoms with Gasteiger partial charge in [-0.25, -0.2) is 4.99 Å². The molecular weight excluding hydrogens is 312 g/mol. The fourth-order valence-electron chi connectivity index (χ4n) is 3.23. The zero-order chi connectivity index (χ0) is 18.6. The standard InChI is InChI=1S/C20H26N4O/c1-5-6-16(15(11-22)7-8-21)19-14(4)24-20(25)17(19)10-18-12(2)9-13(3)23-18/h8-11,21,23H,5-7,22H2,1-4H3/b15-11?,17-10-,19-16?,21-8?. The van der Waals surface area contributed by atoms with Crippen molar-refractivity contribution in [2.75, 3.05) is 0 Å². The molecule has 5 nitrogen and oxygen atoms in total. The van der Waals surface area contributed by atoms with Gasteiger partial charge in [-0.3, -0.25) is 4.79 Å². The van der Waals surface area contributed by atoms with Gasteiger partial charge in [-0.05, 0) is 68.5 Å². The lowest BCUT2D eigenvalue weighted by molar-refractivity contribution is -0.113. The predicted octanol–water partition coefficient (Wildman–Crippen LogP) is 4.00. The lowest BCUT2D eigenvalue weighted by Crippen LogP contribution is -2.06. The summed E-state index contributed by atoms with van der Waals surface area (Å²) in [6, 6.07) is 2.05. The van der Waals surface area contributed by atoms with Crippen LogP contribution in [0.15, 0.2) is 39.6 Å². The van der Waals surface area contributed by atoms with E-state index in [1.165, 1.54) is 6.21 Å². The number of aryl methyl sites for hydroxylation is 2. The van der Waals surface area contributed by atoms with Gasteiger partial charge in [-0.1, -0.05) is 13.3 Å². The van der Waals surface area contributed by atoms with Crippen LogP contribution >= 0.6 is 0 Å². The highest BCUT2D eigenvalue weighted by Crippen LogP contribution is 2.33. The molecule has 1 aliphatic heterocycles. The van der Waals surface area contributed by atoms with Crippen molar-refractivity contribution in [1.29, 1.82) is 5.41 Å². The van der Waals surface area contributed by atoms with Crippen molar-refractivity contribution < 1.29 is 4.79 Å². The van der Waals surface area contributed by atoms with Crippen LogP contribution in [0.1, 0.15) is 50.1 Å². The van der Waals surface area contributed by atoms with E-state index < -0.39 is 0 Å². The number of hydrogen-bond donors (Lipinski definition) is 3. The van der Waals surface area contributed by atoms with E-state index in [9.17, 15) is 4.79 Å². The van der Waals surface area contributed by atoms with E-state index in [1.54, 1.807) is 6.20 Å². The van der Waals surface area contributed by atoms with Gasteiger partial charge in [0, 0.05) is 29.1 Å². The van der Waals surface area contributed by atoms with Crippen molar-refractivity contribution >= 4 is 23.9 Å². The van der Waals surface area contributed by atoms with Crippen LogP contribution in [0.2, 0.25) is 0 Å². The topological polar surface area (TPSA) is 95.1 Å². The number of rotatable bonds is 6. The highest BCUT2D eigenvalue weighted by atomic mass is 16.1. The van der Waals surface area contributed by atoms with Crippen molar-refractivity contribution in [1.82, 2.24) is 4.98 Å². The van der Waals surface area contributed by atoms with Crippen molar-refractivity contribution in [3.8, 4) is 0 Å². The van der Waals surface area contributed by atoms with E-state index in [0.717, 1.165) is 46.5 Å². The molecule has 2 heterocycles. The number of allylic oxidation sites excluding steroid dienone is 2. The molecule has 0 bridgehead atoms. The number of H-pyrrole nitrogens is 1. The van der Waals surface area contributed by atoms with Crippen LogP contribution in [0.4, 0.5) is 0 Å². The minimum Gasteiger partial charge on any atom is -0.404 e. The predicted molar refractivity (Wildman–Crippen MR) is 104 cm³/mol. The van der Waals surface area contributed by atoms with Gasteiger partial charge in [-0.15, -0.1) is 0 Å². The van der Waals surface area contributed by atoms with Crippen LogP contribution < -0.4 is 5.73 Å². The average molecular weight is 338 g/mol. The first-order valence-corrected chi connectivity index (χ1v) is 8.54. The highest BCUT2D eigenvalue weighted by Gasteiger charge is 2.28. The summed E-state index contributed by atoms with van der Waals surface area (Å²) in [7, 11) is 0. The molecule has 0 saturated heterocycles. The fraction of sp³-hybridized carbons (Fsp3) is 0.350. The van der Waals surface area contributed by atoms with Gasteiger partial charge < -0.3 is 16.1 Å². The van der Waals surface area contributed by atoms with Crippen molar-refractivity contribution in [2.45, 2.75) is 47.0 Å². The summed E-state index contributed by atoms with van der Waals surface area (Å²) in [5.74, 6) is -0.223. The Balaban J connectivity index is 2.67. The Labute approximate surface area is 148 Å². The molecule has 2 rings (SSSR count). The molecule has 1 aromatic heterocycles. The van der Waals surface area contributed by atoms with Crippen molar-refractivity contribution in [2.24, 2.45) is 10.7 Å². The summed E-state index contributed by atoms with van der Waals surface area (Å²) in [6.45, 7) is 7.95. The molecule has 0 spiro atoms. The third-order valence-electron chi connectivity index (χ3n) is 4.32. The number of carbonyl (C=O) groups excluding carboxylic acids is 1. The first-order chi connectivity index (χ1) is 11.9. The molecule has 0 radical (unpaired) electrons. The molecule has 25 heavy (non-hydrogen) atoms. The van der Waals surface area contributed by atoms with Crippen LogP contribution in [0, 0.1) is 19.3 Å². The molecule has 0 aromatic carbocycles. The molecular formula is C20H26N4O. The van der Waals surface area contributed by atoms with Crippen LogP contribution in [0.5, 0.6) is 0 Å². The normalized spacial score (nSPS) is 18.7. The maximum atomic E-state index is 12.5. The minimum atomic E-state index is -0.223. The fourth-order valence-corrected chi connectivity index (χ4v) is 3.23. The SMILES string of the molecule is CCCC(C(=CN)CC=N)=C1C(C)=NC(=O)/C1=C\c1[nH]c(C)cc1C. The summed E-state index contributed by atoms with van der Waals surface area (Å²) in [4.78, 5) is 20.0. The number of amides is 1. The van der Waals surface area contributed by atoms with E-state index in [1.807, 2.05) is 26.8 Å². The van der Waals surface area contributed by atoms with Gasteiger partial charge in [0.1, 0.15) is 0 Å². The van der Waals surface area contributed by atoms with Crippen LogP contribution in [-0.2, 0) is 4.79 Å². The Morgan fingerprint density at radius 1 is 1.36 bits per heavy atom. The number of nitrogens with zero attached hydrogens (tertiary/aromatic N) is 1. The first kappa shape index (κ1) is 18.6. The maximum absolute atomic E-state index is 12.5. The summed E-state index contributed by atoms with van der Waals surface area (Å²) >= 11 is 0. The third kappa shape index (κ3) is 3.87. The molecule has 0 fully saturated rings. The second-order valence-electron chi connectivity index (χ2n) is 6.31. The second-order valence-corrected chi connectivity index (χ2v) is 6.31. The Morgan fingerprint density at radius 2 is 2.08 bits per heavy atom. The average Bonchev–Trinajstić information content (AvgIpc) is 3.02. The molecule has 4 N–H and O–H groups in total. The summed E-state index contributed by atoms with van der Waals surface area (Å²) in [5.41, 5.74) is 12.9. The van der Waals surface area contributed by atoms with Gasteiger partial charge in [0.25, 0.3) is 5.91 Å². The minimum absolute atomic E-state index is 0.223. The number of aliphatic imine (C=N–C) groups is 1. The maximum Gasteiger partial charge on any atom is 0.277 e. The molecule has 1 aromatic rings. The highest BCUT2D eigenvalue weighted by molar-refractivity contribution is 6.26. The number of carbonyl (C=O) groups is 1. The van der Waals surface area contributed by atoms with Crippen molar-refractivity contribution in [3.05, 3.63) is 51.5 Å². The Bertz CT molecular complexity index is 819. The van der Waals surface area contributed by atoms with Crippen LogP contribution in [0.3, 0.4) is 0 Å². The molecule has 0 unspecified atom stereocenters. The number of hydrogen-bond acceptors (Lipinski definition) is 3. The Morgan fingerprint density at radius 3 is 2.60 bits per heavy atom. The first-order valence-electron chi connectivity index (χ1n) is 8.54. The lowest BCUT2D eigenvalue weighted by Gasteiger charge is -2.14. The quantitative estimate of drug-likeness (QED) is 0.540. The summed E-state index contributed by atoms with van der Waals surface area (Å²) in [6.07, 6.45) is 6.91. The third-order valence-corrected chi connectivity index (χ3v) is 4.32. The number of nitrogens with two attached hydrogens (primary N) is 1. The zero-order valence-corrected chi connectivity index (χ0v) is 15.4. The number of aromatic amines is 1. The smallest absolute Gasteiger partial charge is 0.277 e. The van der Waals surface area contributed by atoms with Crippen LogP contribution in [-0.4, -0.2) is 22.8 Å². The van der Waals surface area contributed by atoms with Gasteiger partial charge in [-0.2, -0.15) is 0 Å². The van der Waals surface area contributed by atoms with Crippen LogP contribution in [0.25, 0.3) is 6.08 Å². The summed E-state index contributed by atoms with van der Waals surface area (Å²) < 4.78 is 0. The molecule has 0 saturated carbocycles. The molecule has 0 atom stereocenters. The molecule has 5 heteroatoms. The molecule has 132 valence electrons. The lowest BCUT2D eigenvalue weighted by atomic mass is 9.89. The zero-order valence-electron chi connectivity index (χ0n) is 15.4. The monoisotopic (exact) mass is 338 g/mol. The van der Waals surface area contributed by atoms with E-state index >= 15 is 0 Å². The molecule has 1 aliphatic rings. The largest absolute Gasteiger partial charge is 0.404 e. The van der Waals surface area contributed by atoms with Gasteiger partial charge in [0.15, 0.2) is 0 Å². The van der Waals surface area contributed by atoms with Gasteiger partial charge in [0.05, 0.1) is 5.57 Å². The van der Waals surface area contributed by atoms with Gasteiger partial charge in [0.2, 0.25) is 0 Å². The number of nitrogens with one attached hydrogen (secondary N) is 2. The van der Waals surface area contributed by atoms with Gasteiger partial charge >= 0.3 is 0 Å². The molecule has 0 aliphatic carbocycles. The molecule has 1 amide bonds. The summed E-state index contributed by atoms with van der Waals surface area (Å²) in [5, 5.41) is 7.42. The Kier molecular flexibility index (Phi) is 5.91. The van der Waals surface area contributed by atoms with E-state index in [-0.39, 0.29) is 5.91 Å². The second kappa shape index (κ2) is 7.92.